The molecular weight excluding hydrogens is 248 g/mol. The SMILES string of the molecule is CCn1cc(CNCCCOC(C)C)c2ccccc21. The van der Waals surface area contributed by atoms with Crippen LogP contribution in [-0.2, 0) is 17.8 Å². The molecule has 2 aromatic rings. The van der Waals surface area contributed by atoms with Gasteiger partial charge in [0.15, 0.2) is 0 Å². The summed E-state index contributed by atoms with van der Waals surface area (Å²) in [5.41, 5.74) is 2.71. The minimum Gasteiger partial charge on any atom is -0.379 e. The first-order valence-corrected chi connectivity index (χ1v) is 7.61. The van der Waals surface area contributed by atoms with Gasteiger partial charge in [-0.3, -0.25) is 0 Å². The molecule has 0 atom stereocenters. The second-order valence-corrected chi connectivity index (χ2v) is 5.41. The molecule has 1 aromatic carbocycles. The number of aromatic nitrogens is 1. The van der Waals surface area contributed by atoms with E-state index < -0.39 is 0 Å². The Balaban J connectivity index is 1.87. The topological polar surface area (TPSA) is 26.2 Å². The Morgan fingerprint density at radius 2 is 2.05 bits per heavy atom. The van der Waals surface area contributed by atoms with Crippen LogP contribution in [0, 0.1) is 0 Å². The van der Waals surface area contributed by atoms with E-state index in [1.807, 2.05) is 0 Å². The summed E-state index contributed by atoms with van der Waals surface area (Å²) in [5.74, 6) is 0. The molecule has 0 radical (unpaired) electrons. The van der Waals surface area contributed by atoms with Crippen LogP contribution in [0.5, 0.6) is 0 Å². The van der Waals surface area contributed by atoms with Crippen LogP contribution in [0.3, 0.4) is 0 Å². The van der Waals surface area contributed by atoms with Crippen LogP contribution >= 0.6 is 0 Å². The Bertz CT molecular complexity index is 531. The number of fused-ring (bicyclic) bond motifs is 1. The molecule has 3 heteroatoms. The van der Waals surface area contributed by atoms with Crippen molar-refractivity contribution in [1.82, 2.24) is 9.88 Å². The maximum Gasteiger partial charge on any atom is 0.0518 e. The highest BCUT2D eigenvalue weighted by molar-refractivity contribution is 5.83. The summed E-state index contributed by atoms with van der Waals surface area (Å²) >= 11 is 0. The van der Waals surface area contributed by atoms with Gasteiger partial charge in [0.25, 0.3) is 0 Å². The molecule has 0 aliphatic rings. The smallest absolute Gasteiger partial charge is 0.0518 e. The van der Waals surface area contributed by atoms with Gasteiger partial charge in [0, 0.05) is 36.8 Å². The molecule has 0 aliphatic heterocycles. The Morgan fingerprint density at radius 3 is 2.80 bits per heavy atom. The Labute approximate surface area is 121 Å². The predicted molar refractivity (Wildman–Crippen MR) is 85.0 cm³/mol. The molecule has 3 nitrogen and oxygen atoms in total. The summed E-state index contributed by atoms with van der Waals surface area (Å²) < 4.78 is 7.86. The number of para-hydroxylation sites is 1. The van der Waals surface area contributed by atoms with Crippen molar-refractivity contribution in [3.8, 4) is 0 Å². The molecule has 1 aromatic heterocycles. The van der Waals surface area contributed by atoms with E-state index in [4.69, 9.17) is 4.74 Å². The number of benzene rings is 1. The number of nitrogens with one attached hydrogen (secondary N) is 1. The standard InChI is InChI=1S/C17H26N2O/c1-4-19-13-15(16-8-5-6-9-17(16)19)12-18-10-7-11-20-14(2)3/h5-6,8-9,13-14,18H,4,7,10-12H2,1-3H3. The van der Waals surface area contributed by atoms with E-state index in [0.717, 1.165) is 32.7 Å². The number of rotatable bonds is 8. The Morgan fingerprint density at radius 1 is 1.25 bits per heavy atom. The van der Waals surface area contributed by atoms with Crippen LogP contribution in [0.2, 0.25) is 0 Å². The van der Waals surface area contributed by atoms with Gasteiger partial charge in [0.1, 0.15) is 0 Å². The summed E-state index contributed by atoms with van der Waals surface area (Å²) in [6, 6.07) is 8.62. The fourth-order valence-electron chi connectivity index (χ4n) is 2.46. The first-order valence-electron chi connectivity index (χ1n) is 7.61. The zero-order chi connectivity index (χ0) is 14.4. The van der Waals surface area contributed by atoms with Crippen LogP contribution in [0.25, 0.3) is 10.9 Å². The van der Waals surface area contributed by atoms with Crippen molar-refractivity contribution in [2.75, 3.05) is 13.2 Å². The van der Waals surface area contributed by atoms with Crippen molar-refractivity contribution in [3.05, 3.63) is 36.0 Å². The molecule has 0 fully saturated rings. The van der Waals surface area contributed by atoms with E-state index in [1.165, 1.54) is 16.5 Å². The molecule has 0 spiro atoms. The van der Waals surface area contributed by atoms with E-state index in [1.54, 1.807) is 0 Å². The van der Waals surface area contributed by atoms with Crippen LogP contribution < -0.4 is 5.32 Å². The van der Waals surface area contributed by atoms with Crippen molar-refractivity contribution in [2.24, 2.45) is 0 Å². The van der Waals surface area contributed by atoms with Crippen LogP contribution in [0.4, 0.5) is 0 Å². The van der Waals surface area contributed by atoms with Crippen LogP contribution in [0.1, 0.15) is 32.8 Å². The van der Waals surface area contributed by atoms with Crippen molar-refractivity contribution in [3.63, 3.8) is 0 Å². The molecule has 2 rings (SSSR count). The lowest BCUT2D eigenvalue weighted by Gasteiger charge is -2.07. The highest BCUT2D eigenvalue weighted by Gasteiger charge is 2.06. The van der Waals surface area contributed by atoms with Crippen molar-refractivity contribution in [2.45, 2.75) is 46.4 Å². The molecule has 0 saturated heterocycles. The molecule has 1 heterocycles. The molecule has 1 N–H and O–H groups in total. The van der Waals surface area contributed by atoms with Gasteiger partial charge in [-0.2, -0.15) is 0 Å². The third-order valence-electron chi connectivity index (χ3n) is 3.48. The number of hydrogen-bond donors (Lipinski definition) is 1. The highest BCUT2D eigenvalue weighted by Crippen LogP contribution is 2.21. The zero-order valence-electron chi connectivity index (χ0n) is 12.9. The van der Waals surface area contributed by atoms with Gasteiger partial charge in [-0.15, -0.1) is 0 Å². The second-order valence-electron chi connectivity index (χ2n) is 5.41. The van der Waals surface area contributed by atoms with Gasteiger partial charge in [-0.25, -0.2) is 0 Å². The number of hydrogen-bond acceptors (Lipinski definition) is 2. The van der Waals surface area contributed by atoms with Gasteiger partial charge in [0.05, 0.1) is 6.10 Å². The fourth-order valence-corrected chi connectivity index (χ4v) is 2.46. The van der Waals surface area contributed by atoms with E-state index in [9.17, 15) is 0 Å². The largest absolute Gasteiger partial charge is 0.379 e. The predicted octanol–water partition coefficient (Wildman–Crippen LogP) is 3.57. The Kier molecular flexibility index (Phi) is 5.62. The highest BCUT2D eigenvalue weighted by atomic mass is 16.5. The van der Waals surface area contributed by atoms with E-state index in [0.29, 0.717) is 6.10 Å². The second kappa shape index (κ2) is 7.46. The van der Waals surface area contributed by atoms with Gasteiger partial charge < -0.3 is 14.6 Å². The Hall–Kier alpha value is -1.32. The fraction of sp³-hybridized carbons (Fsp3) is 0.529. The van der Waals surface area contributed by atoms with Gasteiger partial charge in [-0.05, 0) is 45.4 Å². The maximum absolute atomic E-state index is 5.54. The lowest BCUT2D eigenvalue weighted by Crippen LogP contribution is -2.17. The van der Waals surface area contributed by atoms with Gasteiger partial charge >= 0.3 is 0 Å². The van der Waals surface area contributed by atoms with Gasteiger partial charge in [-0.1, -0.05) is 18.2 Å². The van der Waals surface area contributed by atoms with Crippen LogP contribution in [-0.4, -0.2) is 23.8 Å². The normalized spacial score (nSPS) is 11.6. The molecule has 0 amide bonds. The van der Waals surface area contributed by atoms with Crippen molar-refractivity contribution >= 4 is 10.9 Å². The summed E-state index contributed by atoms with van der Waals surface area (Å²) in [6.07, 6.45) is 3.66. The summed E-state index contributed by atoms with van der Waals surface area (Å²) in [5, 5.41) is 4.87. The molecule has 0 aliphatic carbocycles. The average Bonchev–Trinajstić information content (AvgIpc) is 2.81. The molecule has 0 unspecified atom stereocenters. The molecule has 20 heavy (non-hydrogen) atoms. The molecule has 0 saturated carbocycles. The quantitative estimate of drug-likeness (QED) is 0.745. The third kappa shape index (κ3) is 3.84. The first-order chi connectivity index (χ1) is 9.72. The van der Waals surface area contributed by atoms with Crippen molar-refractivity contribution < 1.29 is 4.74 Å². The monoisotopic (exact) mass is 274 g/mol. The first kappa shape index (κ1) is 15.1. The summed E-state index contributed by atoms with van der Waals surface area (Å²) in [6.45, 7) is 10.1. The lowest BCUT2D eigenvalue weighted by molar-refractivity contribution is 0.0770. The lowest BCUT2D eigenvalue weighted by atomic mass is 10.2. The van der Waals surface area contributed by atoms with Crippen molar-refractivity contribution in [1.29, 1.82) is 0 Å². The van der Waals surface area contributed by atoms with E-state index in [-0.39, 0.29) is 0 Å². The van der Waals surface area contributed by atoms with E-state index in [2.05, 4.69) is 61.1 Å². The molecular formula is C17H26N2O. The van der Waals surface area contributed by atoms with E-state index >= 15 is 0 Å². The number of aryl methyl sites for hydroxylation is 1. The summed E-state index contributed by atoms with van der Waals surface area (Å²) in [7, 11) is 0. The van der Waals surface area contributed by atoms with Crippen LogP contribution in [0.15, 0.2) is 30.5 Å². The third-order valence-corrected chi connectivity index (χ3v) is 3.48. The molecule has 110 valence electrons. The minimum absolute atomic E-state index is 0.331. The van der Waals surface area contributed by atoms with Gasteiger partial charge in [0.2, 0.25) is 0 Å². The maximum atomic E-state index is 5.54. The number of ether oxygens (including phenoxy) is 1. The molecule has 0 bridgehead atoms. The average molecular weight is 274 g/mol. The zero-order valence-corrected chi connectivity index (χ0v) is 12.9. The summed E-state index contributed by atoms with van der Waals surface area (Å²) in [4.78, 5) is 0. The minimum atomic E-state index is 0.331. The number of nitrogens with zero attached hydrogens (tertiary/aromatic N) is 1.